The summed E-state index contributed by atoms with van der Waals surface area (Å²) >= 11 is 0. The van der Waals surface area contributed by atoms with Crippen LogP contribution in [0.5, 0.6) is 0 Å². The van der Waals surface area contributed by atoms with Gasteiger partial charge < -0.3 is 65.1 Å². The molecule has 2 aliphatic rings. The summed E-state index contributed by atoms with van der Waals surface area (Å²) in [6, 6.07) is -0.935. The fraction of sp³-hybridized carbons (Fsp3) is 0.819. The Hall–Kier alpha value is -2.83. The highest BCUT2D eigenvalue weighted by molar-refractivity contribution is 5.76. The Bertz CT molecular complexity index is 1950. The first kappa shape index (κ1) is 90.3. The Morgan fingerprint density at radius 1 is 0.381 bits per heavy atom. The van der Waals surface area contributed by atoms with Gasteiger partial charge in [-0.25, -0.2) is 0 Å². The molecule has 9 N–H and O–H groups in total. The van der Waals surface area contributed by atoms with Crippen LogP contribution < -0.4 is 5.32 Å². The first-order valence-electron chi connectivity index (χ1n) is 40.3. The summed E-state index contributed by atoms with van der Waals surface area (Å²) in [5, 5.41) is 87.7. The molecular weight excluding hydrogens is 1220 g/mol. The summed E-state index contributed by atoms with van der Waals surface area (Å²) < 4.78 is 22.9. The van der Waals surface area contributed by atoms with Gasteiger partial charge in [0.25, 0.3) is 0 Å². The molecule has 2 fully saturated rings. The van der Waals surface area contributed by atoms with Crippen molar-refractivity contribution in [2.75, 3.05) is 19.8 Å². The summed E-state index contributed by atoms with van der Waals surface area (Å²) in [5.74, 6) is -0.245. The largest absolute Gasteiger partial charge is 0.394 e. The second kappa shape index (κ2) is 66.4. The van der Waals surface area contributed by atoms with Crippen LogP contribution >= 0.6 is 0 Å². The zero-order valence-electron chi connectivity index (χ0n) is 61.8. The number of rotatable bonds is 67. The van der Waals surface area contributed by atoms with Crippen LogP contribution in [0.3, 0.4) is 0 Å². The molecule has 0 saturated carbocycles. The molecule has 14 nitrogen and oxygen atoms in total. The Morgan fingerprint density at radius 3 is 1.13 bits per heavy atom. The van der Waals surface area contributed by atoms with Gasteiger partial charge in [0.05, 0.1) is 32.0 Å². The van der Waals surface area contributed by atoms with E-state index in [1.807, 2.05) is 6.08 Å². The molecule has 0 aliphatic carbocycles. The van der Waals surface area contributed by atoms with Gasteiger partial charge in [-0.05, 0) is 77.0 Å². The zero-order chi connectivity index (χ0) is 70.1. The van der Waals surface area contributed by atoms with E-state index in [0.717, 1.165) is 64.2 Å². The minimum absolute atomic E-state index is 0.245. The van der Waals surface area contributed by atoms with Crippen molar-refractivity contribution in [2.24, 2.45) is 0 Å². The molecule has 564 valence electrons. The molecule has 12 atom stereocenters. The quantitative estimate of drug-likeness (QED) is 0.0204. The topological polar surface area (TPSA) is 228 Å². The van der Waals surface area contributed by atoms with E-state index in [2.05, 4.69) is 92.1 Å². The smallest absolute Gasteiger partial charge is 0.220 e. The summed E-state index contributed by atoms with van der Waals surface area (Å²) in [7, 11) is 0. The highest BCUT2D eigenvalue weighted by atomic mass is 16.7. The van der Waals surface area contributed by atoms with Crippen molar-refractivity contribution in [2.45, 2.75) is 415 Å². The van der Waals surface area contributed by atoms with E-state index in [1.165, 1.54) is 244 Å². The van der Waals surface area contributed by atoms with E-state index < -0.39 is 86.8 Å². The van der Waals surface area contributed by atoms with Gasteiger partial charge in [-0.2, -0.15) is 0 Å². The number of carbonyl (C=O) groups is 1. The molecule has 1 amide bonds. The van der Waals surface area contributed by atoms with Crippen molar-refractivity contribution in [1.29, 1.82) is 0 Å². The average Bonchev–Trinajstić information content (AvgIpc) is 0.794. The highest BCUT2D eigenvalue weighted by Gasteiger charge is 2.51. The lowest BCUT2D eigenvalue weighted by Crippen LogP contribution is -2.65. The van der Waals surface area contributed by atoms with Gasteiger partial charge in [-0.15, -0.1) is 0 Å². The van der Waals surface area contributed by atoms with Gasteiger partial charge in [0, 0.05) is 6.42 Å². The third kappa shape index (κ3) is 49.4. The Balaban J connectivity index is 1.61. The van der Waals surface area contributed by atoms with Crippen LogP contribution in [-0.4, -0.2) is 140 Å². The van der Waals surface area contributed by atoms with Crippen molar-refractivity contribution in [3.63, 3.8) is 0 Å². The van der Waals surface area contributed by atoms with Crippen LogP contribution in [0.4, 0.5) is 0 Å². The molecule has 0 aromatic carbocycles. The first-order valence-corrected chi connectivity index (χ1v) is 40.3. The molecular formula is C83H149NO13. The van der Waals surface area contributed by atoms with Crippen LogP contribution in [0.15, 0.2) is 85.1 Å². The van der Waals surface area contributed by atoms with Gasteiger partial charge in [0.1, 0.15) is 48.8 Å². The minimum Gasteiger partial charge on any atom is -0.394 e. The second-order valence-electron chi connectivity index (χ2n) is 28.2. The fourth-order valence-corrected chi connectivity index (χ4v) is 13.0. The Labute approximate surface area is 592 Å². The van der Waals surface area contributed by atoms with Crippen molar-refractivity contribution >= 4 is 5.91 Å². The van der Waals surface area contributed by atoms with E-state index in [-0.39, 0.29) is 18.9 Å². The van der Waals surface area contributed by atoms with Crippen molar-refractivity contribution in [3.8, 4) is 0 Å². The molecule has 97 heavy (non-hydrogen) atoms. The van der Waals surface area contributed by atoms with E-state index in [9.17, 15) is 45.6 Å². The Kier molecular flexibility index (Phi) is 61.8. The summed E-state index contributed by atoms with van der Waals surface area (Å²) in [6.07, 6.45) is 76.7. The zero-order valence-corrected chi connectivity index (χ0v) is 61.8. The summed E-state index contributed by atoms with van der Waals surface area (Å²) in [6.45, 7) is 2.72. The van der Waals surface area contributed by atoms with Crippen LogP contribution in [0.2, 0.25) is 0 Å². The normalized spacial score (nSPS) is 22.6. The number of aliphatic hydroxyl groups excluding tert-OH is 8. The maximum absolute atomic E-state index is 13.4. The number of aliphatic hydroxyl groups is 8. The summed E-state index contributed by atoms with van der Waals surface area (Å²) in [5.41, 5.74) is 0. The number of amides is 1. The molecule has 2 aliphatic heterocycles. The lowest BCUT2D eigenvalue weighted by molar-refractivity contribution is -0.359. The average molecular weight is 1370 g/mol. The highest BCUT2D eigenvalue weighted by Crippen LogP contribution is 2.30. The maximum atomic E-state index is 13.4. The molecule has 0 radical (unpaired) electrons. The van der Waals surface area contributed by atoms with Crippen molar-refractivity contribution in [3.05, 3.63) is 85.1 Å². The van der Waals surface area contributed by atoms with Crippen LogP contribution in [-0.2, 0) is 23.7 Å². The van der Waals surface area contributed by atoms with E-state index in [4.69, 9.17) is 18.9 Å². The standard InChI is InChI=1S/C83H149NO13/c1-3-5-7-9-11-13-15-17-19-21-23-25-27-29-31-32-33-34-35-36-37-38-39-40-41-43-45-47-49-51-53-55-57-59-61-63-65-67-75(88)84-71(70-94-82-80(93)78(91)81(74(69-86)96-82)97-83-79(92)77(90)76(89)73(68-85)95-83)72(87)66-64-62-60-58-56-54-52-50-48-46-44-42-30-28-26-24-22-20-18-16-14-12-10-8-6-4-2/h5,7,11,13,17,19,23,25,29,31,56,58,64,66,71-74,76-83,85-87,89-93H,3-4,6,8-10,12,14-16,18,20-22,24,26-28,30,32-55,57,59-63,65,67-70H2,1-2H3,(H,84,88)/b7-5-,13-11-,19-17-,25-23-,31-29-,58-56+,66-64+. The molecule has 0 aromatic rings. The molecule has 2 rings (SSSR count). The van der Waals surface area contributed by atoms with Gasteiger partial charge in [-0.1, -0.05) is 343 Å². The van der Waals surface area contributed by atoms with Crippen LogP contribution in [0.25, 0.3) is 0 Å². The van der Waals surface area contributed by atoms with Crippen molar-refractivity contribution in [1.82, 2.24) is 5.32 Å². The number of allylic oxidation sites excluding steroid dienone is 13. The molecule has 0 bridgehead atoms. The van der Waals surface area contributed by atoms with Crippen LogP contribution in [0.1, 0.15) is 341 Å². The van der Waals surface area contributed by atoms with E-state index in [0.29, 0.717) is 12.8 Å². The van der Waals surface area contributed by atoms with Crippen molar-refractivity contribution < 1.29 is 64.6 Å². The molecule has 2 heterocycles. The predicted octanol–water partition coefficient (Wildman–Crippen LogP) is 18.3. The minimum atomic E-state index is -1.79. The van der Waals surface area contributed by atoms with Gasteiger partial charge in [-0.3, -0.25) is 4.79 Å². The lowest BCUT2D eigenvalue weighted by Gasteiger charge is -2.46. The third-order valence-electron chi connectivity index (χ3n) is 19.3. The lowest BCUT2D eigenvalue weighted by atomic mass is 9.97. The van der Waals surface area contributed by atoms with Gasteiger partial charge >= 0.3 is 0 Å². The predicted molar refractivity (Wildman–Crippen MR) is 401 cm³/mol. The number of ether oxygens (including phenoxy) is 4. The molecule has 12 unspecified atom stereocenters. The number of hydrogen-bond donors (Lipinski definition) is 9. The van der Waals surface area contributed by atoms with E-state index in [1.54, 1.807) is 6.08 Å². The number of hydrogen-bond acceptors (Lipinski definition) is 13. The van der Waals surface area contributed by atoms with Crippen LogP contribution in [0, 0.1) is 0 Å². The maximum Gasteiger partial charge on any atom is 0.220 e. The molecule has 0 aromatic heterocycles. The number of carbonyl (C=O) groups excluding carboxylic acids is 1. The third-order valence-corrected chi connectivity index (χ3v) is 19.3. The monoisotopic (exact) mass is 1370 g/mol. The first-order chi connectivity index (χ1) is 47.6. The second-order valence-corrected chi connectivity index (χ2v) is 28.2. The Morgan fingerprint density at radius 2 is 0.722 bits per heavy atom. The van der Waals surface area contributed by atoms with E-state index >= 15 is 0 Å². The van der Waals surface area contributed by atoms with Gasteiger partial charge in [0.15, 0.2) is 12.6 Å². The number of nitrogens with one attached hydrogen (secondary N) is 1. The summed E-state index contributed by atoms with van der Waals surface area (Å²) in [4.78, 5) is 13.4. The molecule has 2 saturated heterocycles. The SMILES string of the molecule is CC/C=C\C/C=C\C/C=C\C/C=C\C/C=C\CCCCCCCCCCCCCCCCCCCCCCCC(=O)NC(COC1OC(CO)C(OC2OC(CO)C(O)C(O)C2O)C(O)C1O)C(O)/C=C/CC/C=C/CCCCCCCCCCCCCCCCCCCCCC. The fourth-order valence-electron chi connectivity index (χ4n) is 13.0. The van der Waals surface area contributed by atoms with Gasteiger partial charge in [0.2, 0.25) is 5.91 Å². The molecule has 0 spiro atoms. The number of unbranched alkanes of at least 4 members (excludes halogenated alkanes) is 42. The molecule has 14 heteroatoms.